The van der Waals surface area contributed by atoms with E-state index in [0.29, 0.717) is 6.42 Å². The van der Waals surface area contributed by atoms with Crippen LogP contribution in [0.25, 0.3) is 0 Å². The largest absolute Gasteiger partial charge is 0.409 e. The van der Waals surface area contributed by atoms with Gasteiger partial charge in [0, 0.05) is 31.6 Å². The van der Waals surface area contributed by atoms with Crippen molar-refractivity contribution in [3.63, 3.8) is 0 Å². The Balaban J connectivity index is 2.32. The summed E-state index contributed by atoms with van der Waals surface area (Å²) in [5.74, 6) is 1.02. The van der Waals surface area contributed by atoms with Crippen LogP contribution in [0.15, 0.2) is 22.7 Å². The van der Waals surface area contributed by atoms with E-state index in [-0.39, 0.29) is 5.84 Å². The molecule has 1 aromatic rings. The van der Waals surface area contributed by atoms with Crippen LogP contribution in [0.1, 0.15) is 6.42 Å². The molecule has 0 aliphatic carbocycles. The second-order valence-corrected chi connectivity index (χ2v) is 3.57. The zero-order valence-corrected chi connectivity index (χ0v) is 8.16. The molecule has 1 aromatic heterocycles. The topological polar surface area (TPSA) is 76.4 Å². The van der Waals surface area contributed by atoms with Crippen molar-refractivity contribution in [2.24, 2.45) is 17.9 Å². The lowest BCUT2D eigenvalue weighted by Gasteiger charge is -1.99. The fourth-order valence-electron chi connectivity index (χ4n) is 0.788. The fraction of sp³-hybridized carbons (Fsp3) is 0.429. The quantitative estimate of drug-likeness (QED) is 0.246. The zero-order valence-electron chi connectivity index (χ0n) is 7.34. The van der Waals surface area contributed by atoms with Gasteiger partial charge in [-0.15, -0.1) is 0 Å². The minimum atomic E-state index is 0.252. The van der Waals surface area contributed by atoms with Crippen molar-refractivity contribution in [1.29, 1.82) is 0 Å². The molecule has 6 heteroatoms. The molecule has 0 aromatic carbocycles. The number of thioether (sulfide) groups is 1. The molecule has 13 heavy (non-hydrogen) atoms. The van der Waals surface area contributed by atoms with Crippen molar-refractivity contribution in [3.05, 3.63) is 12.4 Å². The van der Waals surface area contributed by atoms with Crippen LogP contribution >= 0.6 is 11.8 Å². The molecule has 0 unspecified atom stereocenters. The van der Waals surface area contributed by atoms with Crippen LogP contribution in [0, 0.1) is 0 Å². The van der Waals surface area contributed by atoms with Gasteiger partial charge in [0.15, 0.2) is 5.16 Å². The minimum Gasteiger partial charge on any atom is -0.409 e. The van der Waals surface area contributed by atoms with E-state index in [1.54, 1.807) is 18.0 Å². The minimum absolute atomic E-state index is 0.252. The van der Waals surface area contributed by atoms with Gasteiger partial charge in [-0.2, -0.15) is 0 Å². The summed E-state index contributed by atoms with van der Waals surface area (Å²) in [5.41, 5.74) is 5.31. The second kappa shape index (κ2) is 4.76. The van der Waals surface area contributed by atoms with E-state index in [9.17, 15) is 0 Å². The van der Waals surface area contributed by atoms with E-state index in [1.807, 2.05) is 17.8 Å². The highest BCUT2D eigenvalue weighted by molar-refractivity contribution is 7.99. The highest BCUT2D eigenvalue weighted by Gasteiger charge is 2.00. The Bertz CT molecular complexity index is 296. The Morgan fingerprint density at radius 2 is 2.62 bits per heavy atom. The normalized spacial score (nSPS) is 11.9. The molecule has 5 nitrogen and oxygen atoms in total. The Morgan fingerprint density at radius 3 is 3.15 bits per heavy atom. The smallest absolute Gasteiger partial charge is 0.167 e. The standard InChI is InChI=1S/C7H12N4OS/c1-11-4-3-9-7(11)13-5-2-6(8)10-12/h3-4,12H,2,5H2,1H3,(H2,8,10). The van der Waals surface area contributed by atoms with Gasteiger partial charge in [0.2, 0.25) is 0 Å². The van der Waals surface area contributed by atoms with E-state index >= 15 is 0 Å². The molecule has 0 bridgehead atoms. The molecular weight excluding hydrogens is 188 g/mol. The third kappa shape index (κ3) is 2.98. The number of aromatic nitrogens is 2. The van der Waals surface area contributed by atoms with Gasteiger partial charge < -0.3 is 15.5 Å². The maximum absolute atomic E-state index is 8.28. The number of imidazole rings is 1. The van der Waals surface area contributed by atoms with Gasteiger partial charge in [0.1, 0.15) is 5.84 Å². The summed E-state index contributed by atoms with van der Waals surface area (Å²) in [4.78, 5) is 4.12. The maximum Gasteiger partial charge on any atom is 0.167 e. The lowest BCUT2D eigenvalue weighted by molar-refractivity contribution is 0.317. The summed E-state index contributed by atoms with van der Waals surface area (Å²) in [6, 6.07) is 0. The molecule has 0 amide bonds. The third-order valence-corrected chi connectivity index (χ3v) is 2.55. The van der Waals surface area contributed by atoms with Crippen molar-refractivity contribution < 1.29 is 5.21 Å². The number of hydrogen-bond donors (Lipinski definition) is 2. The van der Waals surface area contributed by atoms with Gasteiger partial charge in [0.05, 0.1) is 0 Å². The number of nitrogens with two attached hydrogens (primary N) is 1. The number of aryl methyl sites for hydroxylation is 1. The molecule has 0 spiro atoms. The summed E-state index contributed by atoms with van der Waals surface area (Å²) in [6.07, 6.45) is 4.19. The molecule has 0 saturated heterocycles. The monoisotopic (exact) mass is 200 g/mol. The van der Waals surface area contributed by atoms with Gasteiger partial charge in [-0.05, 0) is 0 Å². The average molecular weight is 200 g/mol. The Hall–Kier alpha value is -1.17. The number of amidine groups is 1. The van der Waals surface area contributed by atoms with Crippen molar-refractivity contribution in [1.82, 2.24) is 9.55 Å². The molecule has 3 N–H and O–H groups in total. The van der Waals surface area contributed by atoms with Crippen LogP contribution in [0.3, 0.4) is 0 Å². The molecule has 0 atom stereocenters. The molecule has 1 heterocycles. The van der Waals surface area contributed by atoms with Crippen molar-refractivity contribution in [3.8, 4) is 0 Å². The molecule has 0 aliphatic heterocycles. The fourth-order valence-corrected chi connectivity index (χ4v) is 1.68. The van der Waals surface area contributed by atoms with Crippen molar-refractivity contribution >= 4 is 17.6 Å². The first kappa shape index (κ1) is 9.91. The predicted octanol–water partition coefficient (Wildman–Crippen LogP) is 0.649. The first-order chi connectivity index (χ1) is 6.24. The highest BCUT2D eigenvalue weighted by atomic mass is 32.2. The van der Waals surface area contributed by atoms with E-state index < -0.39 is 0 Å². The van der Waals surface area contributed by atoms with Crippen LogP contribution in [-0.2, 0) is 7.05 Å². The molecule has 72 valence electrons. The molecule has 0 aliphatic rings. The summed E-state index contributed by atoms with van der Waals surface area (Å²) in [6.45, 7) is 0. The van der Waals surface area contributed by atoms with Crippen LogP contribution in [0.5, 0.6) is 0 Å². The third-order valence-electron chi connectivity index (χ3n) is 1.49. The van der Waals surface area contributed by atoms with Gasteiger partial charge in [0.25, 0.3) is 0 Å². The van der Waals surface area contributed by atoms with E-state index in [0.717, 1.165) is 10.9 Å². The van der Waals surface area contributed by atoms with Crippen molar-refractivity contribution in [2.75, 3.05) is 5.75 Å². The molecule has 1 rings (SSSR count). The Labute approximate surface area is 80.6 Å². The van der Waals surface area contributed by atoms with Crippen LogP contribution < -0.4 is 5.73 Å². The molecule has 0 radical (unpaired) electrons. The van der Waals surface area contributed by atoms with Crippen molar-refractivity contribution in [2.45, 2.75) is 11.6 Å². The summed E-state index contributed by atoms with van der Waals surface area (Å²) < 4.78 is 1.93. The van der Waals surface area contributed by atoms with Crippen LogP contribution in [0.2, 0.25) is 0 Å². The molecular formula is C7H12N4OS. The first-order valence-corrected chi connectivity index (χ1v) is 4.79. The van der Waals surface area contributed by atoms with Crippen LogP contribution in [-0.4, -0.2) is 26.3 Å². The van der Waals surface area contributed by atoms with E-state index in [2.05, 4.69) is 10.1 Å². The second-order valence-electron chi connectivity index (χ2n) is 2.51. The SMILES string of the molecule is Cn1ccnc1SCC/C(N)=N/O. The number of nitrogens with zero attached hydrogens (tertiary/aromatic N) is 3. The van der Waals surface area contributed by atoms with Crippen LogP contribution in [0.4, 0.5) is 0 Å². The Morgan fingerprint density at radius 1 is 1.85 bits per heavy atom. The van der Waals surface area contributed by atoms with Gasteiger partial charge in [-0.3, -0.25) is 0 Å². The zero-order chi connectivity index (χ0) is 9.68. The Kier molecular flexibility index (Phi) is 3.63. The summed E-state index contributed by atoms with van der Waals surface area (Å²) in [7, 11) is 1.93. The lowest BCUT2D eigenvalue weighted by Crippen LogP contribution is -2.12. The number of hydrogen-bond acceptors (Lipinski definition) is 4. The van der Waals surface area contributed by atoms with E-state index in [4.69, 9.17) is 10.9 Å². The van der Waals surface area contributed by atoms with E-state index in [1.165, 1.54) is 0 Å². The maximum atomic E-state index is 8.28. The molecule has 0 saturated carbocycles. The van der Waals surface area contributed by atoms with Gasteiger partial charge in [-0.25, -0.2) is 4.98 Å². The number of oxime groups is 1. The highest BCUT2D eigenvalue weighted by Crippen LogP contribution is 2.14. The lowest BCUT2D eigenvalue weighted by atomic mass is 10.5. The summed E-state index contributed by atoms with van der Waals surface area (Å²) >= 11 is 1.58. The average Bonchev–Trinajstić information content (AvgIpc) is 2.52. The first-order valence-electron chi connectivity index (χ1n) is 3.80. The molecule has 0 fully saturated rings. The summed E-state index contributed by atoms with van der Waals surface area (Å²) in [5, 5.41) is 12.1. The number of rotatable bonds is 4. The predicted molar refractivity (Wildman–Crippen MR) is 52.0 cm³/mol. The van der Waals surface area contributed by atoms with Gasteiger partial charge in [-0.1, -0.05) is 16.9 Å². The van der Waals surface area contributed by atoms with Gasteiger partial charge >= 0.3 is 0 Å².